The fourth-order valence-electron chi connectivity index (χ4n) is 4.11. The van der Waals surface area contributed by atoms with Crippen molar-refractivity contribution in [1.29, 1.82) is 0 Å². The van der Waals surface area contributed by atoms with Gasteiger partial charge in [0.2, 0.25) is 5.69 Å². The number of piperidine rings is 1. The fraction of sp³-hybridized carbons (Fsp3) is 0.500. The number of nitrogens with one attached hydrogen (secondary N) is 2. The first-order valence-electron chi connectivity index (χ1n) is 9.61. The number of likely N-dealkylation sites (tertiary alicyclic amines) is 1. The van der Waals surface area contributed by atoms with Gasteiger partial charge in [-0.25, -0.2) is 0 Å². The summed E-state index contributed by atoms with van der Waals surface area (Å²) >= 11 is 0. The molecule has 0 radical (unpaired) electrons. The van der Waals surface area contributed by atoms with Gasteiger partial charge < -0.3 is 5.32 Å². The molecule has 0 aliphatic carbocycles. The molecule has 2 N–H and O–H groups in total. The zero-order valence-electron chi connectivity index (χ0n) is 16.6. The van der Waals surface area contributed by atoms with Crippen molar-refractivity contribution < 1.29 is 9.72 Å². The molecule has 1 aromatic carbocycles. The predicted octanol–water partition coefficient (Wildman–Crippen LogP) is 3.03. The third-order valence-corrected chi connectivity index (χ3v) is 5.21. The smallest absolute Gasteiger partial charge is 0.322 e. The van der Waals surface area contributed by atoms with Gasteiger partial charge in [0.25, 0.3) is 5.91 Å². The van der Waals surface area contributed by atoms with E-state index in [9.17, 15) is 14.9 Å². The van der Waals surface area contributed by atoms with Gasteiger partial charge in [0.15, 0.2) is 0 Å². The van der Waals surface area contributed by atoms with Crippen molar-refractivity contribution in [2.24, 2.45) is 11.8 Å². The molecule has 2 heterocycles. The number of carbonyl (C=O) groups excluding carboxylic acids is 1. The molecule has 2 unspecified atom stereocenters. The van der Waals surface area contributed by atoms with Crippen LogP contribution in [0.2, 0.25) is 0 Å². The van der Waals surface area contributed by atoms with E-state index in [0.29, 0.717) is 18.4 Å². The maximum absolute atomic E-state index is 12.4. The van der Waals surface area contributed by atoms with Crippen molar-refractivity contribution in [2.45, 2.75) is 40.3 Å². The third kappa shape index (κ3) is 4.56. The number of aryl methyl sites for hydroxylation is 1. The van der Waals surface area contributed by atoms with Crippen molar-refractivity contribution in [3.63, 3.8) is 0 Å². The molecule has 3 rings (SSSR count). The van der Waals surface area contributed by atoms with Crippen LogP contribution in [0.1, 0.15) is 47.6 Å². The molecule has 2 atom stereocenters. The Hall–Kier alpha value is -2.74. The lowest BCUT2D eigenvalue weighted by Gasteiger charge is -2.35. The summed E-state index contributed by atoms with van der Waals surface area (Å²) < 4.78 is 0. The highest BCUT2D eigenvalue weighted by molar-refractivity contribution is 5.96. The quantitative estimate of drug-likeness (QED) is 0.587. The molecule has 1 amide bonds. The Balaban J connectivity index is 1.69. The summed E-state index contributed by atoms with van der Waals surface area (Å²) in [6.07, 6.45) is 1.26. The van der Waals surface area contributed by atoms with Crippen LogP contribution in [0, 0.1) is 28.9 Å². The third-order valence-electron chi connectivity index (χ3n) is 5.21. The zero-order valence-corrected chi connectivity index (χ0v) is 16.6. The number of aromatic nitrogens is 2. The first-order chi connectivity index (χ1) is 13.3. The summed E-state index contributed by atoms with van der Waals surface area (Å²) in [7, 11) is 0. The molecule has 0 saturated carbocycles. The van der Waals surface area contributed by atoms with E-state index in [2.05, 4.69) is 40.3 Å². The number of hydrogen-bond acceptors (Lipinski definition) is 5. The van der Waals surface area contributed by atoms with Crippen LogP contribution in [-0.4, -0.2) is 39.0 Å². The number of H-pyrrole nitrogens is 1. The Labute approximate surface area is 164 Å². The first kappa shape index (κ1) is 20.0. The average Bonchev–Trinajstić information content (AvgIpc) is 3.02. The highest BCUT2D eigenvalue weighted by atomic mass is 16.6. The molecule has 1 aliphatic rings. The van der Waals surface area contributed by atoms with E-state index in [4.69, 9.17) is 0 Å². The van der Waals surface area contributed by atoms with Crippen molar-refractivity contribution in [3.05, 3.63) is 56.9 Å². The summed E-state index contributed by atoms with van der Waals surface area (Å²) in [6, 6.07) is 8.00. The van der Waals surface area contributed by atoms with Crippen LogP contribution in [0.4, 0.5) is 5.69 Å². The summed E-state index contributed by atoms with van der Waals surface area (Å²) in [5.74, 6) is 0.809. The van der Waals surface area contributed by atoms with Crippen LogP contribution < -0.4 is 5.32 Å². The monoisotopic (exact) mass is 385 g/mol. The number of benzene rings is 1. The average molecular weight is 385 g/mol. The summed E-state index contributed by atoms with van der Waals surface area (Å²) in [5, 5.41) is 20.3. The predicted molar refractivity (Wildman–Crippen MR) is 106 cm³/mol. The van der Waals surface area contributed by atoms with E-state index < -0.39 is 10.8 Å². The lowest BCUT2D eigenvalue weighted by Crippen LogP contribution is -2.38. The molecule has 28 heavy (non-hydrogen) atoms. The number of carbonyl (C=O) groups is 1. The lowest BCUT2D eigenvalue weighted by atomic mass is 9.91. The van der Waals surface area contributed by atoms with Gasteiger partial charge in [-0.2, -0.15) is 5.10 Å². The number of amides is 1. The largest absolute Gasteiger partial charge is 0.346 e. The van der Waals surface area contributed by atoms with E-state index in [1.807, 2.05) is 18.2 Å². The fourth-order valence-corrected chi connectivity index (χ4v) is 4.11. The molecule has 8 heteroatoms. The highest BCUT2D eigenvalue weighted by Gasteiger charge is 2.27. The van der Waals surface area contributed by atoms with Crippen LogP contribution in [0.15, 0.2) is 24.3 Å². The molecular weight excluding hydrogens is 358 g/mol. The summed E-state index contributed by atoms with van der Waals surface area (Å²) in [5.41, 5.74) is 1.98. The van der Waals surface area contributed by atoms with E-state index in [-0.39, 0.29) is 17.1 Å². The summed E-state index contributed by atoms with van der Waals surface area (Å²) in [6.45, 7) is 9.38. The molecule has 1 aromatic heterocycles. The second kappa shape index (κ2) is 8.52. The molecule has 2 aromatic rings. The lowest BCUT2D eigenvalue weighted by molar-refractivity contribution is -0.385. The van der Waals surface area contributed by atoms with Gasteiger partial charge in [0.1, 0.15) is 5.69 Å². The van der Waals surface area contributed by atoms with Crippen molar-refractivity contribution in [3.8, 4) is 0 Å². The highest BCUT2D eigenvalue weighted by Crippen LogP contribution is 2.24. The van der Waals surface area contributed by atoms with Gasteiger partial charge in [0, 0.05) is 26.2 Å². The molecule has 1 aliphatic heterocycles. The Kier molecular flexibility index (Phi) is 6.08. The SMILES string of the molecule is Cc1[nH]nc(C(=O)NCc2ccccc2CN2CC(C)CC(C)C2)c1[N+](=O)[O-]. The van der Waals surface area contributed by atoms with Gasteiger partial charge >= 0.3 is 5.69 Å². The van der Waals surface area contributed by atoms with Crippen molar-refractivity contribution in [1.82, 2.24) is 20.4 Å². The van der Waals surface area contributed by atoms with Gasteiger partial charge in [-0.05, 0) is 36.3 Å². The number of nitrogens with zero attached hydrogens (tertiary/aromatic N) is 3. The molecular formula is C20H27N5O3. The second-order valence-corrected chi connectivity index (χ2v) is 7.89. The standard InChI is InChI=1S/C20H27N5O3/c1-13-8-14(2)11-24(10-13)12-17-7-5-4-6-16(17)9-21-20(26)18-19(25(27)28)15(3)22-23-18/h4-7,13-14H,8-12H2,1-3H3,(H,21,26)(H,22,23). The second-order valence-electron chi connectivity index (χ2n) is 7.89. The number of nitro groups is 1. The van der Waals surface area contributed by atoms with E-state index in [1.54, 1.807) is 0 Å². The first-order valence-corrected chi connectivity index (χ1v) is 9.61. The van der Waals surface area contributed by atoms with Gasteiger partial charge in [0.05, 0.1) is 4.92 Å². The molecule has 0 spiro atoms. The summed E-state index contributed by atoms with van der Waals surface area (Å²) in [4.78, 5) is 25.5. The molecule has 150 valence electrons. The van der Waals surface area contributed by atoms with E-state index in [0.717, 1.165) is 30.8 Å². The van der Waals surface area contributed by atoms with Crippen LogP contribution in [0.25, 0.3) is 0 Å². The Morgan fingerprint density at radius 3 is 2.57 bits per heavy atom. The number of aromatic amines is 1. The Bertz CT molecular complexity index is 853. The normalized spacial score (nSPS) is 20.1. The Morgan fingerprint density at radius 1 is 1.29 bits per heavy atom. The minimum absolute atomic E-state index is 0.182. The van der Waals surface area contributed by atoms with E-state index in [1.165, 1.54) is 13.3 Å². The molecule has 8 nitrogen and oxygen atoms in total. The maximum Gasteiger partial charge on any atom is 0.322 e. The Morgan fingerprint density at radius 2 is 1.93 bits per heavy atom. The minimum atomic E-state index is -0.583. The number of hydrogen-bond donors (Lipinski definition) is 2. The van der Waals surface area contributed by atoms with Gasteiger partial charge in [-0.15, -0.1) is 0 Å². The molecule has 1 fully saturated rings. The van der Waals surface area contributed by atoms with Gasteiger partial charge in [-0.1, -0.05) is 38.1 Å². The van der Waals surface area contributed by atoms with Gasteiger partial charge in [-0.3, -0.25) is 24.9 Å². The molecule has 1 saturated heterocycles. The van der Waals surface area contributed by atoms with E-state index >= 15 is 0 Å². The number of rotatable bonds is 6. The molecule has 0 bridgehead atoms. The zero-order chi connectivity index (χ0) is 20.3. The van der Waals surface area contributed by atoms with Crippen LogP contribution >= 0.6 is 0 Å². The van der Waals surface area contributed by atoms with Crippen molar-refractivity contribution in [2.75, 3.05) is 13.1 Å². The van der Waals surface area contributed by atoms with Crippen molar-refractivity contribution >= 4 is 11.6 Å². The van der Waals surface area contributed by atoms with Crippen LogP contribution in [0.3, 0.4) is 0 Å². The topological polar surface area (TPSA) is 104 Å². The van der Waals surface area contributed by atoms with Crippen LogP contribution in [0.5, 0.6) is 0 Å². The maximum atomic E-state index is 12.4. The van der Waals surface area contributed by atoms with Crippen LogP contribution in [-0.2, 0) is 13.1 Å². The minimum Gasteiger partial charge on any atom is -0.346 e.